The standard InChI is InChI=1S/C13H22N2O4/c1-10-5-3-4-6-11(10)18-8-7-15-13(16)19-12(14-15)9-17-2/h10-11H,3-9H2,1-2H3/t10-,11-/m1/s1. The number of methoxy groups -OCH3 is 1. The van der Waals surface area contributed by atoms with Crippen LogP contribution in [0.4, 0.5) is 0 Å². The number of ether oxygens (including phenoxy) is 2. The molecule has 108 valence electrons. The van der Waals surface area contributed by atoms with E-state index in [1.54, 1.807) is 0 Å². The maximum atomic E-state index is 11.5. The van der Waals surface area contributed by atoms with Gasteiger partial charge < -0.3 is 13.9 Å². The van der Waals surface area contributed by atoms with Gasteiger partial charge in [-0.2, -0.15) is 4.68 Å². The van der Waals surface area contributed by atoms with E-state index in [9.17, 15) is 4.79 Å². The van der Waals surface area contributed by atoms with Crippen molar-refractivity contribution < 1.29 is 13.9 Å². The largest absolute Gasteiger partial charge is 0.437 e. The lowest BCUT2D eigenvalue weighted by molar-refractivity contribution is -0.00980. The average molecular weight is 270 g/mol. The second-order valence-electron chi connectivity index (χ2n) is 5.09. The Morgan fingerprint density at radius 1 is 1.42 bits per heavy atom. The molecule has 1 aliphatic rings. The van der Waals surface area contributed by atoms with Gasteiger partial charge in [-0.05, 0) is 18.8 Å². The van der Waals surface area contributed by atoms with Gasteiger partial charge in [0.25, 0.3) is 0 Å². The van der Waals surface area contributed by atoms with Crippen molar-refractivity contribution in [2.75, 3.05) is 13.7 Å². The average Bonchev–Trinajstić information content (AvgIpc) is 2.73. The number of aromatic nitrogens is 2. The number of nitrogens with zero attached hydrogens (tertiary/aromatic N) is 2. The summed E-state index contributed by atoms with van der Waals surface area (Å²) in [6.07, 6.45) is 5.19. The molecule has 1 aromatic heterocycles. The highest BCUT2D eigenvalue weighted by molar-refractivity contribution is 4.73. The summed E-state index contributed by atoms with van der Waals surface area (Å²) in [5.41, 5.74) is 0. The van der Waals surface area contributed by atoms with Crippen LogP contribution in [0, 0.1) is 5.92 Å². The highest BCUT2D eigenvalue weighted by Gasteiger charge is 2.21. The first-order valence-electron chi connectivity index (χ1n) is 6.88. The molecule has 0 radical (unpaired) electrons. The predicted molar refractivity (Wildman–Crippen MR) is 68.8 cm³/mol. The van der Waals surface area contributed by atoms with Crippen molar-refractivity contribution in [1.29, 1.82) is 0 Å². The minimum absolute atomic E-state index is 0.211. The molecular weight excluding hydrogens is 248 g/mol. The summed E-state index contributed by atoms with van der Waals surface area (Å²) < 4.78 is 16.9. The molecule has 1 aliphatic carbocycles. The number of rotatable bonds is 6. The second-order valence-corrected chi connectivity index (χ2v) is 5.09. The molecular formula is C13H22N2O4. The lowest BCUT2D eigenvalue weighted by Crippen LogP contribution is -2.28. The first-order chi connectivity index (χ1) is 9.20. The lowest BCUT2D eigenvalue weighted by Gasteiger charge is -2.28. The van der Waals surface area contributed by atoms with Crippen molar-refractivity contribution in [2.45, 2.75) is 51.9 Å². The quantitative estimate of drug-likeness (QED) is 0.785. The molecule has 0 aromatic carbocycles. The van der Waals surface area contributed by atoms with Crippen LogP contribution in [0.15, 0.2) is 9.21 Å². The zero-order valence-electron chi connectivity index (χ0n) is 11.6. The van der Waals surface area contributed by atoms with E-state index in [0.717, 1.165) is 6.42 Å². The van der Waals surface area contributed by atoms with Crippen LogP contribution in [-0.2, 0) is 22.6 Å². The van der Waals surface area contributed by atoms with Crippen LogP contribution < -0.4 is 5.76 Å². The molecule has 1 aromatic rings. The van der Waals surface area contributed by atoms with Crippen LogP contribution in [0.2, 0.25) is 0 Å². The van der Waals surface area contributed by atoms with E-state index < -0.39 is 5.76 Å². The molecule has 0 spiro atoms. The summed E-state index contributed by atoms with van der Waals surface area (Å²) in [6, 6.07) is 0. The Kier molecular flexibility index (Phi) is 5.15. The summed E-state index contributed by atoms with van der Waals surface area (Å²) >= 11 is 0. The Balaban J connectivity index is 1.80. The fraction of sp³-hybridized carbons (Fsp3) is 0.846. The fourth-order valence-corrected chi connectivity index (χ4v) is 2.49. The highest BCUT2D eigenvalue weighted by Crippen LogP contribution is 2.26. The molecule has 6 nitrogen and oxygen atoms in total. The van der Waals surface area contributed by atoms with E-state index in [2.05, 4.69) is 12.0 Å². The van der Waals surface area contributed by atoms with E-state index in [1.807, 2.05) is 0 Å². The molecule has 0 unspecified atom stereocenters. The topological polar surface area (TPSA) is 66.5 Å². The molecule has 2 atom stereocenters. The van der Waals surface area contributed by atoms with E-state index in [0.29, 0.717) is 31.1 Å². The first-order valence-corrected chi connectivity index (χ1v) is 6.88. The Morgan fingerprint density at radius 3 is 2.95 bits per heavy atom. The molecule has 6 heteroatoms. The number of hydrogen-bond donors (Lipinski definition) is 0. The van der Waals surface area contributed by atoms with Crippen LogP contribution in [-0.4, -0.2) is 29.6 Å². The zero-order chi connectivity index (χ0) is 13.7. The van der Waals surface area contributed by atoms with Crippen LogP contribution in [0.5, 0.6) is 0 Å². The third-order valence-corrected chi connectivity index (χ3v) is 3.58. The van der Waals surface area contributed by atoms with Gasteiger partial charge in [-0.25, -0.2) is 4.79 Å². The summed E-state index contributed by atoms with van der Waals surface area (Å²) in [7, 11) is 1.53. The molecule has 0 N–H and O–H groups in total. The van der Waals surface area contributed by atoms with E-state index in [4.69, 9.17) is 13.9 Å². The van der Waals surface area contributed by atoms with Gasteiger partial charge in [-0.3, -0.25) is 0 Å². The summed E-state index contributed by atoms with van der Waals surface area (Å²) in [5.74, 6) is 0.456. The molecule has 0 saturated heterocycles. The maximum absolute atomic E-state index is 11.5. The van der Waals surface area contributed by atoms with Gasteiger partial charge in [0.15, 0.2) is 0 Å². The summed E-state index contributed by atoms with van der Waals surface area (Å²) in [4.78, 5) is 11.5. The molecule has 0 amide bonds. The van der Waals surface area contributed by atoms with Gasteiger partial charge in [0, 0.05) is 7.11 Å². The van der Waals surface area contributed by atoms with Crippen molar-refractivity contribution in [3.05, 3.63) is 16.4 Å². The van der Waals surface area contributed by atoms with Crippen molar-refractivity contribution >= 4 is 0 Å². The third kappa shape index (κ3) is 3.91. The van der Waals surface area contributed by atoms with Gasteiger partial charge in [0.1, 0.15) is 6.61 Å². The van der Waals surface area contributed by atoms with Gasteiger partial charge in [0.2, 0.25) is 5.89 Å². The number of hydrogen-bond acceptors (Lipinski definition) is 5. The maximum Gasteiger partial charge on any atom is 0.437 e. The molecule has 0 aliphatic heterocycles. The molecule has 1 saturated carbocycles. The van der Waals surface area contributed by atoms with Crippen molar-refractivity contribution in [3.63, 3.8) is 0 Å². The van der Waals surface area contributed by atoms with Crippen LogP contribution in [0.1, 0.15) is 38.5 Å². The molecule has 1 heterocycles. The first kappa shape index (κ1) is 14.3. The van der Waals surface area contributed by atoms with Gasteiger partial charge in [-0.15, -0.1) is 5.10 Å². The van der Waals surface area contributed by atoms with Crippen LogP contribution >= 0.6 is 0 Å². The van der Waals surface area contributed by atoms with Crippen LogP contribution in [0.25, 0.3) is 0 Å². The van der Waals surface area contributed by atoms with Crippen molar-refractivity contribution in [3.8, 4) is 0 Å². The highest BCUT2D eigenvalue weighted by atomic mass is 16.5. The smallest absolute Gasteiger partial charge is 0.390 e. The van der Waals surface area contributed by atoms with Gasteiger partial charge >= 0.3 is 5.76 Å². The Labute approximate surface area is 112 Å². The molecule has 19 heavy (non-hydrogen) atoms. The van der Waals surface area contributed by atoms with Gasteiger partial charge in [-0.1, -0.05) is 19.8 Å². The summed E-state index contributed by atoms with van der Waals surface area (Å²) in [6.45, 7) is 3.36. The predicted octanol–water partition coefficient (Wildman–Crippen LogP) is 1.58. The van der Waals surface area contributed by atoms with Crippen LogP contribution in [0.3, 0.4) is 0 Å². The lowest BCUT2D eigenvalue weighted by atomic mass is 9.88. The van der Waals surface area contributed by atoms with Gasteiger partial charge in [0.05, 0.1) is 19.3 Å². The zero-order valence-corrected chi connectivity index (χ0v) is 11.6. The second kappa shape index (κ2) is 6.86. The Hall–Kier alpha value is -1.14. The van der Waals surface area contributed by atoms with Crippen molar-refractivity contribution in [2.24, 2.45) is 5.92 Å². The van der Waals surface area contributed by atoms with Crippen molar-refractivity contribution in [1.82, 2.24) is 9.78 Å². The minimum Gasteiger partial charge on any atom is -0.390 e. The molecule has 2 rings (SSSR count). The third-order valence-electron chi connectivity index (χ3n) is 3.58. The fourth-order valence-electron chi connectivity index (χ4n) is 2.49. The molecule has 0 bridgehead atoms. The SMILES string of the molecule is COCc1nn(CCO[C@@H]2CCCC[C@H]2C)c(=O)o1. The summed E-state index contributed by atoms with van der Waals surface area (Å²) in [5, 5.41) is 4.03. The normalized spacial score (nSPS) is 23.7. The van der Waals surface area contributed by atoms with E-state index in [-0.39, 0.29) is 6.61 Å². The van der Waals surface area contributed by atoms with E-state index in [1.165, 1.54) is 31.1 Å². The minimum atomic E-state index is -0.452. The van der Waals surface area contributed by atoms with E-state index >= 15 is 0 Å². The Morgan fingerprint density at radius 2 is 2.21 bits per heavy atom. The monoisotopic (exact) mass is 270 g/mol. The molecule has 1 fully saturated rings. The Bertz CT molecular complexity index is 440.